The molecule has 1 aromatic carbocycles. The SMILES string of the molecule is COCC(=O)NCc1ccc(CN2CCCC2=O)cc1. The first-order chi connectivity index (χ1) is 9.69. The number of amides is 2. The van der Waals surface area contributed by atoms with Crippen LogP contribution in [0.1, 0.15) is 24.0 Å². The lowest BCUT2D eigenvalue weighted by atomic mass is 10.1. The first-order valence-corrected chi connectivity index (χ1v) is 6.80. The molecule has 1 fully saturated rings. The van der Waals surface area contributed by atoms with E-state index >= 15 is 0 Å². The molecule has 1 aliphatic heterocycles. The maximum Gasteiger partial charge on any atom is 0.246 e. The lowest BCUT2D eigenvalue weighted by molar-refractivity contribution is -0.128. The van der Waals surface area contributed by atoms with Gasteiger partial charge in [0.25, 0.3) is 0 Å². The molecule has 2 rings (SSSR count). The number of methoxy groups -OCH3 is 1. The van der Waals surface area contributed by atoms with E-state index < -0.39 is 0 Å². The molecular weight excluding hydrogens is 256 g/mol. The number of benzene rings is 1. The fraction of sp³-hybridized carbons (Fsp3) is 0.467. The van der Waals surface area contributed by atoms with E-state index in [0.717, 1.165) is 24.1 Å². The Morgan fingerprint density at radius 2 is 2.00 bits per heavy atom. The maximum absolute atomic E-state index is 11.6. The summed E-state index contributed by atoms with van der Waals surface area (Å²) < 4.78 is 4.75. The largest absolute Gasteiger partial charge is 0.375 e. The molecule has 0 unspecified atom stereocenters. The van der Waals surface area contributed by atoms with Gasteiger partial charge in [0.1, 0.15) is 6.61 Å². The Kier molecular flexibility index (Phi) is 5.12. The minimum absolute atomic E-state index is 0.0785. The van der Waals surface area contributed by atoms with Crippen molar-refractivity contribution in [3.05, 3.63) is 35.4 Å². The molecule has 20 heavy (non-hydrogen) atoms. The van der Waals surface area contributed by atoms with E-state index in [2.05, 4.69) is 5.32 Å². The predicted octanol–water partition coefficient (Wildman–Crippen LogP) is 1.07. The van der Waals surface area contributed by atoms with Crippen LogP contribution in [0.3, 0.4) is 0 Å². The minimum atomic E-state index is -0.126. The van der Waals surface area contributed by atoms with Gasteiger partial charge in [0, 0.05) is 33.2 Å². The number of carbonyl (C=O) groups is 2. The third kappa shape index (κ3) is 4.06. The predicted molar refractivity (Wildman–Crippen MR) is 74.8 cm³/mol. The number of hydrogen-bond acceptors (Lipinski definition) is 3. The summed E-state index contributed by atoms with van der Waals surface area (Å²) in [5, 5.41) is 2.77. The zero-order valence-electron chi connectivity index (χ0n) is 11.7. The van der Waals surface area contributed by atoms with Gasteiger partial charge in [0.15, 0.2) is 0 Å². The van der Waals surface area contributed by atoms with Gasteiger partial charge in [0.2, 0.25) is 11.8 Å². The second-order valence-corrected chi connectivity index (χ2v) is 4.95. The molecule has 5 heteroatoms. The lowest BCUT2D eigenvalue weighted by Gasteiger charge is -2.15. The number of nitrogens with one attached hydrogen (secondary N) is 1. The summed E-state index contributed by atoms with van der Waals surface area (Å²) in [6.07, 6.45) is 1.63. The fourth-order valence-corrected chi connectivity index (χ4v) is 2.24. The highest BCUT2D eigenvalue weighted by molar-refractivity contribution is 5.78. The number of likely N-dealkylation sites (tertiary alicyclic amines) is 1. The van der Waals surface area contributed by atoms with Crippen molar-refractivity contribution in [2.45, 2.75) is 25.9 Å². The lowest BCUT2D eigenvalue weighted by Crippen LogP contribution is -2.26. The van der Waals surface area contributed by atoms with Crippen LogP contribution in [0.15, 0.2) is 24.3 Å². The molecule has 1 heterocycles. The molecule has 0 aliphatic carbocycles. The quantitative estimate of drug-likeness (QED) is 0.845. The highest BCUT2D eigenvalue weighted by Crippen LogP contribution is 2.14. The number of hydrogen-bond donors (Lipinski definition) is 1. The number of nitrogens with zero attached hydrogens (tertiary/aromatic N) is 1. The van der Waals surface area contributed by atoms with Crippen LogP contribution in [0, 0.1) is 0 Å². The van der Waals surface area contributed by atoms with Crippen LogP contribution in [-0.4, -0.2) is 37.0 Å². The summed E-state index contributed by atoms with van der Waals surface area (Å²) in [6, 6.07) is 7.96. The Labute approximate surface area is 118 Å². The molecule has 1 N–H and O–H groups in total. The molecule has 1 saturated heterocycles. The topological polar surface area (TPSA) is 58.6 Å². The maximum atomic E-state index is 11.6. The van der Waals surface area contributed by atoms with Crippen LogP contribution in [0.2, 0.25) is 0 Å². The average molecular weight is 276 g/mol. The average Bonchev–Trinajstić information content (AvgIpc) is 2.84. The standard InChI is InChI=1S/C15H20N2O3/c1-20-11-14(18)16-9-12-4-6-13(7-5-12)10-17-8-2-3-15(17)19/h4-7H,2-3,8-11H2,1H3,(H,16,18). The molecule has 0 spiro atoms. The number of rotatable bonds is 6. The van der Waals surface area contributed by atoms with Crippen molar-refractivity contribution in [3.63, 3.8) is 0 Å². The molecule has 1 aromatic rings. The molecule has 0 atom stereocenters. The Hall–Kier alpha value is -1.88. The molecule has 0 radical (unpaired) electrons. The third-order valence-corrected chi connectivity index (χ3v) is 3.33. The summed E-state index contributed by atoms with van der Waals surface area (Å²) in [5.74, 6) is 0.111. The zero-order chi connectivity index (χ0) is 14.4. The highest BCUT2D eigenvalue weighted by atomic mass is 16.5. The van der Waals surface area contributed by atoms with E-state index in [9.17, 15) is 9.59 Å². The molecule has 0 aromatic heterocycles. The summed E-state index contributed by atoms with van der Waals surface area (Å²) in [5.41, 5.74) is 2.15. The van der Waals surface area contributed by atoms with E-state index in [1.54, 1.807) is 0 Å². The third-order valence-electron chi connectivity index (χ3n) is 3.33. The van der Waals surface area contributed by atoms with E-state index in [1.165, 1.54) is 7.11 Å². The highest BCUT2D eigenvalue weighted by Gasteiger charge is 2.19. The van der Waals surface area contributed by atoms with Crippen molar-refractivity contribution in [2.75, 3.05) is 20.3 Å². The Morgan fingerprint density at radius 1 is 1.30 bits per heavy atom. The normalized spacial score (nSPS) is 14.7. The molecule has 5 nitrogen and oxygen atoms in total. The van der Waals surface area contributed by atoms with Gasteiger partial charge in [-0.1, -0.05) is 24.3 Å². The fourth-order valence-electron chi connectivity index (χ4n) is 2.24. The van der Waals surface area contributed by atoms with Gasteiger partial charge in [-0.15, -0.1) is 0 Å². The van der Waals surface area contributed by atoms with Crippen molar-refractivity contribution < 1.29 is 14.3 Å². The monoisotopic (exact) mass is 276 g/mol. The van der Waals surface area contributed by atoms with Crippen molar-refractivity contribution in [3.8, 4) is 0 Å². The van der Waals surface area contributed by atoms with Crippen LogP contribution in [0.25, 0.3) is 0 Å². The number of carbonyl (C=O) groups excluding carboxylic acids is 2. The molecule has 1 aliphatic rings. The van der Waals surface area contributed by atoms with Crippen molar-refractivity contribution in [1.29, 1.82) is 0 Å². The molecular formula is C15H20N2O3. The van der Waals surface area contributed by atoms with Gasteiger partial charge >= 0.3 is 0 Å². The van der Waals surface area contributed by atoms with Gasteiger partial charge in [-0.05, 0) is 17.5 Å². The van der Waals surface area contributed by atoms with E-state index in [4.69, 9.17) is 4.74 Å². The summed E-state index contributed by atoms with van der Waals surface area (Å²) in [4.78, 5) is 24.7. The minimum Gasteiger partial charge on any atom is -0.375 e. The van der Waals surface area contributed by atoms with Crippen molar-refractivity contribution >= 4 is 11.8 Å². The van der Waals surface area contributed by atoms with Gasteiger partial charge in [0.05, 0.1) is 0 Å². The van der Waals surface area contributed by atoms with Crippen LogP contribution >= 0.6 is 0 Å². The Morgan fingerprint density at radius 3 is 2.60 bits per heavy atom. The smallest absolute Gasteiger partial charge is 0.246 e. The van der Waals surface area contributed by atoms with Gasteiger partial charge in [-0.25, -0.2) is 0 Å². The second-order valence-electron chi connectivity index (χ2n) is 4.95. The number of ether oxygens (including phenoxy) is 1. The summed E-state index contributed by atoms with van der Waals surface area (Å²) in [6.45, 7) is 2.10. The first kappa shape index (κ1) is 14.5. The van der Waals surface area contributed by atoms with Crippen LogP contribution in [0.5, 0.6) is 0 Å². The van der Waals surface area contributed by atoms with E-state index in [-0.39, 0.29) is 18.4 Å². The van der Waals surface area contributed by atoms with Crippen molar-refractivity contribution in [1.82, 2.24) is 10.2 Å². The molecule has 2 amide bonds. The Balaban J connectivity index is 1.83. The van der Waals surface area contributed by atoms with E-state index in [1.807, 2.05) is 29.2 Å². The molecule has 0 bridgehead atoms. The van der Waals surface area contributed by atoms with Crippen LogP contribution in [0.4, 0.5) is 0 Å². The second kappa shape index (κ2) is 7.05. The Bertz CT molecular complexity index is 471. The van der Waals surface area contributed by atoms with Crippen LogP contribution < -0.4 is 5.32 Å². The first-order valence-electron chi connectivity index (χ1n) is 6.80. The summed E-state index contributed by atoms with van der Waals surface area (Å²) in [7, 11) is 1.49. The van der Waals surface area contributed by atoms with Gasteiger partial charge in [-0.3, -0.25) is 9.59 Å². The van der Waals surface area contributed by atoms with Gasteiger partial charge in [-0.2, -0.15) is 0 Å². The summed E-state index contributed by atoms with van der Waals surface area (Å²) >= 11 is 0. The van der Waals surface area contributed by atoms with Crippen molar-refractivity contribution in [2.24, 2.45) is 0 Å². The van der Waals surface area contributed by atoms with E-state index in [0.29, 0.717) is 19.5 Å². The zero-order valence-corrected chi connectivity index (χ0v) is 11.7. The molecule has 0 saturated carbocycles. The van der Waals surface area contributed by atoms with Gasteiger partial charge < -0.3 is 15.0 Å². The van der Waals surface area contributed by atoms with Crippen LogP contribution in [-0.2, 0) is 27.4 Å². The molecule has 108 valence electrons.